The average molecular weight is 687 g/mol. The molecule has 10 rings (SSSR count). The topological polar surface area (TPSA) is 57.4 Å². The Kier molecular flexibility index (Phi) is 7.22. The van der Waals surface area contributed by atoms with Crippen LogP contribution in [0, 0.1) is 22.7 Å². The van der Waals surface area contributed by atoms with Gasteiger partial charge in [-0.1, -0.05) is 109 Å². The summed E-state index contributed by atoms with van der Waals surface area (Å²) in [5.41, 5.74) is 13.4. The second kappa shape index (κ2) is 12.5. The minimum Gasteiger partial charge on any atom is -0.309 e. The highest BCUT2D eigenvalue weighted by molar-refractivity contribution is 6.15. The molecular formula is C50H30N4. The second-order valence-corrected chi connectivity index (χ2v) is 13.6. The van der Waals surface area contributed by atoms with Crippen molar-refractivity contribution in [1.82, 2.24) is 9.13 Å². The van der Waals surface area contributed by atoms with Crippen molar-refractivity contribution < 1.29 is 0 Å². The van der Waals surface area contributed by atoms with Crippen molar-refractivity contribution in [3.63, 3.8) is 0 Å². The van der Waals surface area contributed by atoms with Crippen molar-refractivity contribution in [2.24, 2.45) is 0 Å². The maximum atomic E-state index is 10.5. The molecule has 0 aliphatic carbocycles. The van der Waals surface area contributed by atoms with Crippen LogP contribution in [-0.4, -0.2) is 9.13 Å². The molecule has 4 nitrogen and oxygen atoms in total. The van der Waals surface area contributed by atoms with E-state index in [1.165, 1.54) is 0 Å². The lowest BCUT2D eigenvalue weighted by atomic mass is 9.95. The third-order valence-corrected chi connectivity index (χ3v) is 10.6. The van der Waals surface area contributed by atoms with E-state index >= 15 is 0 Å². The first-order valence-electron chi connectivity index (χ1n) is 18.0. The zero-order chi connectivity index (χ0) is 36.2. The van der Waals surface area contributed by atoms with Crippen molar-refractivity contribution >= 4 is 43.6 Å². The molecule has 2 aromatic heterocycles. The van der Waals surface area contributed by atoms with Crippen molar-refractivity contribution in [3.8, 4) is 56.9 Å². The van der Waals surface area contributed by atoms with Gasteiger partial charge in [-0.15, -0.1) is 0 Å². The Hall–Kier alpha value is -7.66. The number of rotatable bonds is 5. The molecule has 10 aromatic rings. The zero-order valence-electron chi connectivity index (χ0n) is 29.1. The van der Waals surface area contributed by atoms with Crippen LogP contribution in [0.25, 0.3) is 88.4 Å². The Labute approximate surface area is 312 Å². The Morgan fingerprint density at radius 3 is 1.52 bits per heavy atom. The molecule has 0 radical (unpaired) electrons. The van der Waals surface area contributed by atoms with Gasteiger partial charge in [0.1, 0.15) is 0 Å². The predicted molar refractivity (Wildman–Crippen MR) is 221 cm³/mol. The van der Waals surface area contributed by atoms with Crippen LogP contribution in [-0.2, 0) is 0 Å². The quantitative estimate of drug-likeness (QED) is 0.181. The molecule has 0 amide bonds. The van der Waals surface area contributed by atoms with Gasteiger partial charge in [0, 0.05) is 38.4 Å². The van der Waals surface area contributed by atoms with Crippen LogP contribution in [0.3, 0.4) is 0 Å². The molecule has 4 heteroatoms. The molecule has 0 saturated heterocycles. The summed E-state index contributed by atoms with van der Waals surface area (Å²) in [6.07, 6.45) is 0. The van der Waals surface area contributed by atoms with Crippen LogP contribution >= 0.6 is 0 Å². The summed E-state index contributed by atoms with van der Waals surface area (Å²) in [4.78, 5) is 0. The van der Waals surface area contributed by atoms with Gasteiger partial charge >= 0.3 is 0 Å². The molecule has 54 heavy (non-hydrogen) atoms. The molecule has 0 fully saturated rings. The number of para-hydroxylation sites is 2. The van der Waals surface area contributed by atoms with Gasteiger partial charge in [0.2, 0.25) is 0 Å². The van der Waals surface area contributed by atoms with Crippen molar-refractivity contribution in [3.05, 3.63) is 193 Å². The minimum absolute atomic E-state index is 0.501. The van der Waals surface area contributed by atoms with Gasteiger partial charge in [0.15, 0.2) is 0 Å². The fourth-order valence-electron chi connectivity index (χ4n) is 8.10. The Bertz CT molecular complexity index is 3060. The lowest BCUT2D eigenvalue weighted by molar-refractivity contribution is 1.17. The van der Waals surface area contributed by atoms with Gasteiger partial charge in [-0.05, 0) is 95.1 Å². The molecule has 0 aliphatic rings. The molecule has 0 bridgehead atoms. The number of fused-ring (bicyclic) bond motifs is 6. The van der Waals surface area contributed by atoms with Crippen LogP contribution in [0.1, 0.15) is 11.1 Å². The van der Waals surface area contributed by atoms with E-state index in [0.29, 0.717) is 11.1 Å². The Balaban J connectivity index is 1.36. The van der Waals surface area contributed by atoms with Crippen molar-refractivity contribution in [1.29, 1.82) is 10.5 Å². The molecule has 250 valence electrons. The van der Waals surface area contributed by atoms with E-state index in [9.17, 15) is 10.5 Å². The van der Waals surface area contributed by atoms with Crippen LogP contribution in [0.15, 0.2) is 182 Å². The lowest BCUT2D eigenvalue weighted by Crippen LogP contribution is -2.00. The predicted octanol–water partition coefficient (Wildman–Crippen LogP) is 12.6. The summed E-state index contributed by atoms with van der Waals surface area (Å²) >= 11 is 0. The highest BCUT2D eigenvalue weighted by Crippen LogP contribution is 2.44. The number of hydrogen-bond donors (Lipinski definition) is 0. The third-order valence-electron chi connectivity index (χ3n) is 10.6. The number of aromatic nitrogens is 2. The average Bonchev–Trinajstić information content (AvgIpc) is 3.75. The second-order valence-electron chi connectivity index (χ2n) is 13.6. The molecule has 0 unspecified atom stereocenters. The van der Waals surface area contributed by atoms with E-state index in [1.807, 2.05) is 24.3 Å². The normalized spacial score (nSPS) is 11.3. The van der Waals surface area contributed by atoms with Crippen LogP contribution < -0.4 is 0 Å². The van der Waals surface area contributed by atoms with Gasteiger partial charge in [-0.3, -0.25) is 0 Å². The smallest absolute Gasteiger partial charge is 0.0998 e. The molecule has 0 atom stereocenters. The molecule has 2 heterocycles. The highest BCUT2D eigenvalue weighted by Gasteiger charge is 2.23. The van der Waals surface area contributed by atoms with Crippen LogP contribution in [0.2, 0.25) is 0 Å². The largest absolute Gasteiger partial charge is 0.309 e. The van der Waals surface area contributed by atoms with Crippen LogP contribution in [0.5, 0.6) is 0 Å². The summed E-state index contributed by atoms with van der Waals surface area (Å²) in [5, 5.41) is 25.1. The van der Waals surface area contributed by atoms with E-state index in [1.54, 1.807) is 12.1 Å². The summed E-state index contributed by atoms with van der Waals surface area (Å²) in [6.45, 7) is 0. The van der Waals surface area contributed by atoms with E-state index in [4.69, 9.17) is 0 Å². The SMILES string of the molecule is N#Cc1ccc(C#N)c(-c2cc3c(cc2-n2c4ccc(-c5ccccc5)cc4c4cc(-c5ccccc5)ccc42)c2ccccc2n3-c2ccccc2)c1. The molecule has 0 N–H and O–H groups in total. The summed E-state index contributed by atoms with van der Waals surface area (Å²) in [6, 6.07) is 67.9. The van der Waals surface area contributed by atoms with E-state index < -0.39 is 0 Å². The summed E-state index contributed by atoms with van der Waals surface area (Å²) < 4.78 is 4.64. The van der Waals surface area contributed by atoms with Gasteiger partial charge in [-0.2, -0.15) is 10.5 Å². The first-order valence-corrected chi connectivity index (χ1v) is 18.0. The van der Waals surface area contributed by atoms with Crippen LogP contribution in [0.4, 0.5) is 0 Å². The molecule has 0 spiro atoms. The van der Waals surface area contributed by atoms with Gasteiger partial charge in [0.25, 0.3) is 0 Å². The molecule has 0 aliphatic heterocycles. The number of hydrogen-bond acceptors (Lipinski definition) is 2. The lowest BCUT2D eigenvalue weighted by Gasteiger charge is -2.17. The summed E-state index contributed by atoms with van der Waals surface area (Å²) in [5.74, 6) is 0. The number of nitriles is 2. The molecular weight excluding hydrogens is 657 g/mol. The first kappa shape index (κ1) is 31.1. The van der Waals surface area contributed by atoms with Crippen molar-refractivity contribution in [2.45, 2.75) is 0 Å². The third kappa shape index (κ3) is 4.90. The minimum atomic E-state index is 0.501. The standard InChI is InChI=1S/C50H30N4/c51-31-33-20-21-38(32-52)41(26-33)45-30-49-44(40-18-10-11-19-46(40)53(49)39-16-8-3-9-17-39)29-50(45)54-47-24-22-36(34-12-4-1-5-13-34)27-42(47)43-28-37(23-25-48(43)54)35-14-6-2-7-15-35/h1-30H. The Morgan fingerprint density at radius 2 is 0.907 bits per heavy atom. The van der Waals surface area contributed by atoms with Gasteiger partial charge < -0.3 is 9.13 Å². The highest BCUT2D eigenvalue weighted by atomic mass is 15.0. The zero-order valence-corrected chi connectivity index (χ0v) is 29.1. The van der Waals surface area contributed by atoms with Gasteiger partial charge in [0.05, 0.1) is 51.0 Å². The van der Waals surface area contributed by atoms with Gasteiger partial charge in [-0.25, -0.2) is 0 Å². The maximum Gasteiger partial charge on any atom is 0.0998 e. The Morgan fingerprint density at radius 1 is 0.352 bits per heavy atom. The molecule has 0 saturated carbocycles. The fraction of sp³-hybridized carbons (Fsp3) is 0. The van der Waals surface area contributed by atoms with E-state index in [-0.39, 0.29) is 0 Å². The molecule has 8 aromatic carbocycles. The fourth-order valence-corrected chi connectivity index (χ4v) is 8.10. The number of nitrogens with zero attached hydrogens (tertiary/aromatic N) is 4. The summed E-state index contributed by atoms with van der Waals surface area (Å²) in [7, 11) is 0. The number of benzene rings is 8. The van der Waals surface area contributed by atoms with E-state index in [0.717, 1.165) is 88.4 Å². The first-order chi connectivity index (χ1) is 26.7. The van der Waals surface area contributed by atoms with Crippen molar-refractivity contribution in [2.75, 3.05) is 0 Å². The van der Waals surface area contributed by atoms with E-state index in [2.05, 4.69) is 167 Å². The maximum absolute atomic E-state index is 10.5. The monoisotopic (exact) mass is 686 g/mol.